The molecule has 3 atom stereocenters. The molecule has 14 heavy (non-hydrogen) atoms. The van der Waals surface area contributed by atoms with Gasteiger partial charge in [-0.3, -0.25) is 4.79 Å². The maximum absolute atomic E-state index is 11.1. The Bertz CT molecular complexity index is 196. The van der Waals surface area contributed by atoms with Gasteiger partial charge < -0.3 is 26.7 Å². The number of carbonyl (C=O) groups is 2. The molecule has 0 aromatic carbocycles. The van der Waals surface area contributed by atoms with E-state index in [9.17, 15) is 9.59 Å². The second kappa shape index (κ2) is 6.47. The molecular weight excluding hydrogens is 186 g/mol. The Hall–Kier alpha value is -0.980. The van der Waals surface area contributed by atoms with E-state index >= 15 is 0 Å². The zero-order chi connectivity index (χ0) is 11.1. The van der Waals surface area contributed by atoms with Crippen LogP contribution >= 0.6 is 0 Å². The number of aliphatic hydroxyl groups is 1. The van der Waals surface area contributed by atoms with Crippen molar-refractivity contribution in [3.63, 3.8) is 0 Å². The first-order valence-electron chi connectivity index (χ1n) is 4.39. The number of amides is 1. The minimum absolute atomic E-state index is 0.207. The van der Waals surface area contributed by atoms with Crippen LogP contribution in [0, 0.1) is 0 Å². The Balaban J connectivity index is 4.02. The second-order valence-corrected chi connectivity index (χ2v) is 3.21. The number of aldehydes is 1. The minimum Gasteiger partial charge on any atom is -0.394 e. The fourth-order valence-corrected chi connectivity index (χ4v) is 0.896. The predicted molar refractivity (Wildman–Crippen MR) is 51.3 cm³/mol. The molecule has 0 aromatic rings. The third kappa shape index (κ3) is 4.90. The fraction of sp³-hybridized carbons (Fsp3) is 0.750. The van der Waals surface area contributed by atoms with E-state index in [-0.39, 0.29) is 18.9 Å². The van der Waals surface area contributed by atoms with Crippen LogP contribution in [0.15, 0.2) is 0 Å². The Morgan fingerprint density at radius 3 is 2.50 bits per heavy atom. The van der Waals surface area contributed by atoms with Gasteiger partial charge in [0.1, 0.15) is 6.29 Å². The zero-order valence-electron chi connectivity index (χ0n) is 8.14. The van der Waals surface area contributed by atoms with Gasteiger partial charge in [-0.1, -0.05) is 0 Å². The van der Waals surface area contributed by atoms with Crippen molar-refractivity contribution in [2.75, 3.05) is 6.61 Å². The van der Waals surface area contributed by atoms with E-state index < -0.39 is 18.1 Å². The molecule has 6 N–H and O–H groups in total. The van der Waals surface area contributed by atoms with Crippen LogP contribution in [0.1, 0.15) is 13.3 Å². The van der Waals surface area contributed by atoms with Crippen LogP contribution in [0.25, 0.3) is 0 Å². The minimum atomic E-state index is -0.680. The molecule has 0 fully saturated rings. The Morgan fingerprint density at radius 2 is 2.14 bits per heavy atom. The Labute approximate surface area is 82.6 Å². The maximum Gasteiger partial charge on any atom is 0.236 e. The molecule has 0 heterocycles. The van der Waals surface area contributed by atoms with Gasteiger partial charge >= 0.3 is 0 Å². The third-order valence-corrected chi connectivity index (χ3v) is 1.71. The highest BCUT2D eigenvalue weighted by molar-refractivity contribution is 5.81. The van der Waals surface area contributed by atoms with E-state index in [4.69, 9.17) is 16.6 Å². The van der Waals surface area contributed by atoms with Crippen molar-refractivity contribution in [1.29, 1.82) is 0 Å². The largest absolute Gasteiger partial charge is 0.394 e. The molecule has 6 heteroatoms. The van der Waals surface area contributed by atoms with Crippen LogP contribution in [-0.2, 0) is 9.59 Å². The van der Waals surface area contributed by atoms with Crippen molar-refractivity contribution in [1.82, 2.24) is 5.32 Å². The molecule has 82 valence electrons. The van der Waals surface area contributed by atoms with Gasteiger partial charge in [-0.2, -0.15) is 0 Å². The summed E-state index contributed by atoms with van der Waals surface area (Å²) in [5.74, 6) is -0.373. The maximum atomic E-state index is 11.1. The molecule has 0 aromatic heterocycles. The molecule has 0 spiro atoms. The number of hydrogen-bond donors (Lipinski definition) is 4. The van der Waals surface area contributed by atoms with E-state index in [2.05, 4.69) is 5.32 Å². The van der Waals surface area contributed by atoms with Crippen molar-refractivity contribution < 1.29 is 14.7 Å². The van der Waals surface area contributed by atoms with Gasteiger partial charge in [0, 0.05) is 0 Å². The van der Waals surface area contributed by atoms with Gasteiger partial charge in [-0.25, -0.2) is 0 Å². The summed E-state index contributed by atoms with van der Waals surface area (Å²) in [6, 6.07) is -1.84. The molecule has 0 radical (unpaired) electrons. The molecule has 0 aliphatic rings. The van der Waals surface area contributed by atoms with Crippen LogP contribution in [0.5, 0.6) is 0 Å². The first kappa shape index (κ1) is 13.0. The number of nitrogens with two attached hydrogens (primary N) is 2. The standard InChI is InChI=1S/C8H17N3O3/c1-5(9)8(14)11-7(4-13)2-6(10)3-12/h3,5-7,13H,2,4,9-10H2,1H3,(H,11,14)/t5-,6-,7-/m1/s1. The van der Waals surface area contributed by atoms with E-state index in [0.717, 1.165) is 0 Å². The average Bonchev–Trinajstić information content (AvgIpc) is 2.16. The van der Waals surface area contributed by atoms with Gasteiger partial charge in [0.15, 0.2) is 0 Å². The molecule has 0 saturated carbocycles. The topological polar surface area (TPSA) is 118 Å². The molecule has 0 aliphatic heterocycles. The SMILES string of the molecule is C[C@@H](N)C(=O)N[C@@H](CO)C[C@@H](N)C=O. The van der Waals surface area contributed by atoms with Crippen LogP contribution in [0.2, 0.25) is 0 Å². The molecule has 0 saturated heterocycles. The molecule has 0 aliphatic carbocycles. The quantitative estimate of drug-likeness (QED) is 0.363. The lowest BCUT2D eigenvalue weighted by Gasteiger charge is -2.18. The Morgan fingerprint density at radius 1 is 1.57 bits per heavy atom. The normalized spacial score (nSPS) is 16.9. The lowest BCUT2D eigenvalue weighted by Crippen LogP contribution is -2.47. The summed E-state index contributed by atoms with van der Waals surface area (Å²) in [5.41, 5.74) is 10.6. The van der Waals surface area contributed by atoms with Gasteiger partial charge in [0.25, 0.3) is 0 Å². The van der Waals surface area contributed by atoms with Gasteiger partial charge in [-0.05, 0) is 13.3 Å². The smallest absolute Gasteiger partial charge is 0.236 e. The van der Waals surface area contributed by atoms with Crippen molar-refractivity contribution >= 4 is 12.2 Å². The van der Waals surface area contributed by atoms with Crippen LogP contribution in [-0.4, -0.2) is 42.0 Å². The number of aliphatic hydroxyl groups excluding tert-OH is 1. The number of carbonyl (C=O) groups excluding carboxylic acids is 2. The zero-order valence-corrected chi connectivity index (χ0v) is 8.14. The molecule has 6 nitrogen and oxygen atoms in total. The van der Waals surface area contributed by atoms with E-state index in [1.165, 1.54) is 6.92 Å². The molecule has 1 amide bonds. The first-order valence-corrected chi connectivity index (χ1v) is 4.39. The van der Waals surface area contributed by atoms with Crippen LogP contribution in [0.3, 0.4) is 0 Å². The van der Waals surface area contributed by atoms with Crippen molar-refractivity contribution in [3.05, 3.63) is 0 Å². The summed E-state index contributed by atoms with van der Waals surface area (Å²) in [7, 11) is 0. The predicted octanol–water partition coefficient (Wildman–Crippen LogP) is -2.27. The van der Waals surface area contributed by atoms with Crippen molar-refractivity contribution in [3.8, 4) is 0 Å². The van der Waals surface area contributed by atoms with E-state index in [1.54, 1.807) is 0 Å². The highest BCUT2D eigenvalue weighted by Gasteiger charge is 2.16. The summed E-state index contributed by atoms with van der Waals surface area (Å²) >= 11 is 0. The number of hydrogen-bond acceptors (Lipinski definition) is 5. The number of rotatable bonds is 6. The van der Waals surface area contributed by atoms with Crippen molar-refractivity contribution in [2.45, 2.75) is 31.5 Å². The summed E-state index contributed by atoms with van der Waals surface area (Å²) < 4.78 is 0. The first-order chi connectivity index (χ1) is 6.51. The third-order valence-electron chi connectivity index (χ3n) is 1.71. The molecule has 0 rings (SSSR count). The molecule has 0 bridgehead atoms. The van der Waals surface area contributed by atoms with Crippen LogP contribution < -0.4 is 16.8 Å². The molecule has 0 unspecified atom stereocenters. The summed E-state index contributed by atoms with van der Waals surface area (Å²) in [4.78, 5) is 21.3. The van der Waals surface area contributed by atoms with E-state index in [0.29, 0.717) is 6.29 Å². The monoisotopic (exact) mass is 203 g/mol. The van der Waals surface area contributed by atoms with Gasteiger partial charge in [0.05, 0.1) is 24.7 Å². The lowest BCUT2D eigenvalue weighted by molar-refractivity contribution is -0.123. The Kier molecular flexibility index (Phi) is 6.02. The highest BCUT2D eigenvalue weighted by Crippen LogP contribution is 1.94. The second-order valence-electron chi connectivity index (χ2n) is 3.21. The van der Waals surface area contributed by atoms with E-state index in [1.807, 2.05) is 0 Å². The fourth-order valence-electron chi connectivity index (χ4n) is 0.896. The lowest BCUT2D eigenvalue weighted by atomic mass is 10.1. The van der Waals surface area contributed by atoms with Crippen molar-refractivity contribution in [2.24, 2.45) is 11.5 Å². The summed E-state index contributed by atoms with van der Waals surface area (Å²) in [5, 5.41) is 11.4. The van der Waals surface area contributed by atoms with Crippen LogP contribution in [0.4, 0.5) is 0 Å². The van der Waals surface area contributed by atoms with Gasteiger partial charge in [-0.15, -0.1) is 0 Å². The molecular formula is C8H17N3O3. The van der Waals surface area contributed by atoms with Gasteiger partial charge in [0.2, 0.25) is 5.91 Å². The number of nitrogens with one attached hydrogen (secondary N) is 1. The highest BCUT2D eigenvalue weighted by atomic mass is 16.3. The summed E-state index contributed by atoms with van der Waals surface area (Å²) in [6.45, 7) is 1.27. The average molecular weight is 203 g/mol. The summed E-state index contributed by atoms with van der Waals surface area (Å²) in [6.07, 6.45) is 0.777.